The van der Waals surface area contributed by atoms with Gasteiger partial charge in [-0.05, 0) is 49.4 Å². The van der Waals surface area contributed by atoms with Gasteiger partial charge in [-0.25, -0.2) is 17.6 Å². The Morgan fingerprint density at radius 1 is 1.11 bits per heavy atom. The molecule has 0 fully saturated rings. The maximum Gasteiger partial charge on any atom is 0.338 e. The number of benzene rings is 2. The summed E-state index contributed by atoms with van der Waals surface area (Å²) in [5.41, 5.74) is 0.0500. The Kier molecular flexibility index (Phi) is 6.89. The van der Waals surface area contributed by atoms with Crippen molar-refractivity contribution in [1.29, 1.82) is 0 Å². The van der Waals surface area contributed by atoms with E-state index in [0.717, 1.165) is 25.3 Å². The van der Waals surface area contributed by atoms with Crippen molar-refractivity contribution in [2.75, 3.05) is 14.2 Å². The molecule has 2 rings (SSSR count). The number of sulfonamides is 1. The van der Waals surface area contributed by atoms with Gasteiger partial charge in [0.05, 0.1) is 17.7 Å². The maximum absolute atomic E-state index is 13.0. The Bertz CT molecular complexity index is 994. The minimum atomic E-state index is -4.10. The van der Waals surface area contributed by atoms with Crippen LogP contribution in [0.15, 0.2) is 47.4 Å². The number of nitrogens with zero attached hydrogens (tertiary/aromatic N) is 1. The summed E-state index contributed by atoms with van der Waals surface area (Å²) in [7, 11) is -1.77. The molecule has 0 unspecified atom stereocenters. The van der Waals surface area contributed by atoms with E-state index in [1.165, 1.54) is 38.2 Å². The van der Waals surface area contributed by atoms with Crippen molar-refractivity contribution in [2.45, 2.75) is 17.9 Å². The second-order valence-electron chi connectivity index (χ2n) is 5.66. The highest BCUT2D eigenvalue weighted by Gasteiger charge is 2.27. The Morgan fingerprint density at radius 2 is 1.68 bits per heavy atom. The average Bonchev–Trinajstić information content (AvgIpc) is 2.67. The molecule has 0 amide bonds. The lowest BCUT2D eigenvalue weighted by atomic mass is 10.1. The summed E-state index contributed by atoms with van der Waals surface area (Å²) in [5.74, 6) is -1.96. The first-order chi connectivity index (χ1) is 13.1. The number of esters is 1. The van der Waals surface area contributed by atoms with Crippen LogP contribution in [-0.4, -0.2) is 44.9 Å². The predicted octanol–water partition coefficient (Wildman–Crippen LogP) is 3.09. The lowest BCUT2D eigenvalue weighted by molar-refractivity contribution is -0.0258. The zero-order valence-electron chi connectivity index (χ0n) is 15.2. The van der Waals surface area contributed by atoms with Crippen LogP contribution >= 0.6 is 11.6 Å². The molecule has 0 saturated carbocycles. The third kappa shape index (κ3) is 4.74. The fourth-order valence-electron chi connectivity index (χ4n) is 2.20. The highest BCUT2D eigenvalue weighted by atomic mass is 35.5. The third-order valence-corrected chi connectivity index (χ3v) is 5.98. The number of ether oxygens (including phenoxy) is 1. The van der Waals surface area contributed by atoms with Crippen molar-refractivity contribution in [1.82, 2.24) is 4.47 Å². The van der Waals surface area contributed by atoms with Gasteiger partial charge in [-0.2, -0.15) is 0 Å². The van der Waals surface area contributed by atoms with Crippen LogP contribution in [0.5, 0.6) is 0 Å². The van der Waals surface area contributed by atoms with Gasteiger partial charge in [0.25, 0.3) is 10.0 Å². The number of ketones is 1. The average molecular weight is 430 g/mol. The van der Waals surface area contributed by atoms with E-state index in [0.29, 0.717) is 4.47 Å². The van der Waals surface area contributed by atoms with Gasteiger partial charge in [0.1, 0.15) is 10.7 Å². The molecule has 150 valence electrons. The fourth-order valence-corrected chi connectivity index (χ4v) is 3.67. The summed E-state index contributed by atoms with van der Waals surface area (Å²) in [6, 6.07) is 8.30. The molecule has 28 heavy (non-hydrogen) atoms. The summed E-state index contributed by atoms with van der Waals surface area (Å²) >= 11 is 5.94. The molecule has 0 N–H and O–H groups in total. The number of hydroxylamine groups is 1. The first-order valence-corrected chi connectivity index (χ1v) is 9.73. The monoisotopic (exact) mass is 429 g/mol. The number of rotatable bonds is 7. The van der Waals surface area contributed by atoms with Gasteiger partial charge in [0, 0.05) is 12.6 Å². The molecule has 0 saturated heterocycles. The molecule has 0 radical (unpaired) electrons. The molecule has 7 nitrogen and oxygen atoms in total. The van der Waals surface area contributed by atoms with Crippen LogP contribution in [0.3, 0.4) is 0 Å². The molecular weight excluding hydrogens is 413 g/mol. The Morgan fingerprint density at radius 3 is 2.25 bits per heavy atom. The zero-order chi connectivity index (χ0) is 21.1. The molecule has 0 bridgehead atoms. The molecule has 2 aromatic carbocycles. The van der Waals surface area contributed by atoms with Crippen LogP contribution in [-0.2, 0) is 19.6 Å². The molecular formula is C18H17ClFNO6S. The van der Waals surface area contributed by atoms with Crippen LogP contribution < -0.4 is 0 Å². The van der Waals surface area contributed by atoms with Gasteiger partial charge in [-0.1, -0.05) is 16.1 Å². The molecule has 0 heterocycles. The van der Waals surface area contributed by atoms with Crippen molar-refractivity contribution in [3.63, 3.8) is 0 Å². The van der Waals surface area contributed by atoms with Gasteiger partial charge < -0.3 is 4.74 Å². The predicted molar refractivity (Wildman–Crippen MR) is 99.0 cm³/mol. The smallest absolute Gasteiger partial charge is 0.338 e. The van der Waals surface area contributed by atoms with Crippen LogP contribution in [0.4, 0.5) is 4.39 Å². The van der Waals surface area contributed by atoms with Gasteiger partial charge in [-0.3, -0.25) is 9.63 Å². The van der Waals surface area contributed by atoms with Crippen LogP contribution in [0, 0.1) is 5.82 Å². The molecule has 0 aliphatic heterocycles. The zero-order valence-corrected chi connectivity index (χ0v) is 16.8. The lowest BCUT2D eigenvalue weighted by Gasteiger charge is -2.16. The van der Waals surface area contributed by atoms with Crippen LogP contribution in [0.25, 0.3) is 0 Å². The van der Waals surface area contributed by atoms with Crippen molar-refractivity contribution < 1.29 is 32.0 Å². The minimum Gasteiger partial charge on any atom is -0.451 e. The first-order valence-electron chi connectivity index (χ1n) is 7.91. The van der Waals surface area contributed by atoms with Gasteiger partial charge >= 0.3 is 5.97 Å². The molecule has 0 aliphatic carbocycles. The van der Waals surface area contributed by atoms with Crippen molar-refractivity contribution >= 4 is 33.4 Å². The molecule has 0 aromatic heterocycles. The molecule has 0 aliphatic rings. The second kappa shape index (κ2) is 8.78. The van der Waals surface area contributed by atoms with E-state index in [1.807, 2.05) is 0 Å². The van der Waals surface area contributed by atoms with Crippen molar-refractivity contribution in [2.24, 2.45) is 0 Å². The Balaban J connectivity index is 2.24. The van der Waals surface area contributed by atoms with E-state index in [-0.39, 0.29) is 21.0 Å². The fraction of sp³-hybridized carbons (Fsp3) is 0.222. The van der Waals surface area contributed by atoms with E-state index in [2.05, 4.69) is 4.84 Å². The Labute approximate surface area is 166 Å². The van der Waals surface area contributed by atoms with Crippen LogP contribution in [0.2, 0.25) is 5.02 Å². The third-order valence-electron chi connectivity index (χ3n) is 3.82. The normalized spacial score (nSPS) is 12.6. The SMILES string of the molecule is CON(C)S(=O)(=O)c1cc(C(=O)O[C@@H](C)C(=O)c2ccc(F)cc2)ccc1Cl. The number of carbonyl (C=O) groups is 2. The highest BCUT2D eigenvalue weighted by Crippen LogP contribution is 2.26. The summed E-state index contributed by atoms with van der Waals surface area (Å²) in [6.45, 7) is 1.36. The first kappa shape index (κ1) is 22.0. The number of hydrogen-bond acceptors (Lipinski definition) is 6. The summed E-state index contributed by atoms with van der Waals surface area (Å²) < 4.78 is 43.4. The number of halogens is 2. The maximum atomic E-state index is 13.0. The lowest BCUT2D eigenvalue weighted by Crippen LogP contribution is -2.27. The Hall–Kier alpha value is -2.33. The molecule has 2 aromatic rings. The van der Waals surface area contributed by atoms with Gasteiger partial charge in [-0.15, -0.1) is 0 Å². The van der Waals surface area contributed by atoms with E-state index in [1.54, 1.807) is 0 Å². The van der Waals surface area contributed by atoms with Crippen molar-refractivity contribution in [3.05, 3.63) is 64.4 Å². The summed E-state index contributed by atoms with van der Waals surface area (Å²) in [4.78, 5) is 29.0. The number of carbonyl (C=O) groups excluding carboxylic acids is 2. The molecule has 10 heteroatoms. The van der Waals surface area contributed by atoms with Gasteiger partial charge in [0.15, 0.2) is 6.10 Å². The minimum absolute atomic E-state index is 0.115. The van der Waals surface area contributed by atoms with E-state index >= 15 is 0 Å². The van der Waals surface area contributed by atoms with E-state index in [9.17, 15) is 22.4 Å². The summed E-state index contributed by atoms with van der Waals surface area (Å²) in [6.07, 6.45) is -1.17. The van der Waals surface area contributed by atoms with Crippen LogP contribution in [0.1, 0.15) is 27.6 Å². The molecule has 1 atom stereocenters. The van der Waals surface area contributed by atoms with E-state index < -0.39 is 33.7 Å². The second-order valence-corrected chi connectivity index (χ2v) is 7.97. The topological polar surface area (TPSA) is 90.0 Å². The highest BCUT2D eigenvalue weighted by molar-refractivity contribution is 7.89. The molecule has 0 spiro atoms. The van der Waals surface area contributed by atoms with E-state index in [4.69, 9.17) is 16.3 Å². The van der Waals surface area contributed by atoms with Gasteiger partial charge in [0.2, 0.25) is 5.78 Å². The standard InChI is InChI=1S/C18H17ClFNO6S/c1-11(17(22)12-4-7-14(20)8-5-12)27-18(23)13-6-9-15(19)16(10-13)28(24,25)21(2)26-3/h4-11H,1-3H3/t11-/m0/s1. The number of Topliss-reactive ketones (excluding diaryl/α,β-unsaturated/α-hetero) is 1. The quantitative estimate of drug-likeness (QED) is 0.381. The largest absolute Gasteiger partial charge is 0.451 e. The van der Waals surface area contributed by atoms with Crippen molar-refractivity contribution in [3.8, 4) is 0 Å². The summed E-state index contributed by atoms with van der Waals surface area (Å²) in [5, 5.41) is -0.115. The number of hydrogen-bond donors (Lipinski definition) is 0.